The van der Waals surface area contributed by atoms with E-state index < -0.39 is 19.8 Å². The number of ether oxygens (including phenoxy) is 1. The smallest absolute Gasteiger partial charge is 0.408 e. The van der Waals surface area contributed by atoms with Crippen LogP contribution in [0, 0.1) is 11.8 Å². The van der Waals surface area contributed by atoms with Gasteiger partial charge in [-0.2, -0.15) is 0 Å². The van der Waals surface area contributed by atoms with E-state index in [1.807, 2.05) is 32.9 Å². The van der Waals surface area contributed by atoms with Crippen LogP contribution in [0.15, 0.2) is 24.3 Å². The second kappa shape index (κ2) is 6.82. The monoisotopic (exact) mass is 303 g/mol. The number of benzene rings is 1. The van der Waals surface area contributed by atoms with Gasteiger partial charge in [0.25, 0.3) is 0 Å². The molecule has 0 aliphatic carbocycles. The van der Waals surface area contributed by atoms with Crippen molar-refractivity contribution in [3.8, 4) is 11.8 Å². The highest BCUT2D eigenvalue weighted by Crippen LogP contribution is 2.06. The minimum Gasteiger partial charge on any atom is -0.444 e. The van der Waals surface area contributed by atoms with Crippen LogP contribution >= 0.6 is 0 Å². The van der Waals surface area contributed by atoms with Crippen molar-refractivity contribution in [2.75, 3.05) is 6.54 Å². The Kier molecular flexibility index (Phi) is 5.62. The third kappa shape index (κ3) is 7.01. The van der Waals surface area contributed by atoms with Crippen molar-refractivity contribution in [1.29, 1.82) is 0 Å². The zero-order chi connectivity index (χ0) is 16.1. The fraction of sp³-hybridized carbons (Fsp3) is 0.471. The van der Waals surface area contributed by atoms with E-state index in [0.29, 0.717) is 0 Å². The SMILES string of the molecule is CC(C)(C)OC(=O)NCC#Cc1cccc([Si](C)(C)C)c1. The van der Waals surface area contributed by atoms with E-state index in [4.69, 9.17) is 4.74 Å². The molecule has 0 unspecified atom stereocenters. The van der Waals surface area contributed by atoms with Gasteiger partial charge in [0, 0.05) is 5.56 Å². The molecule has 0 saturated heterocycles. The molecule has 1 N–H and O–H groups in total. The van der Waals surface area contributed by atoms with Crippen molar-refractivity contribution in [2.45, 2.75) is 46.0 Å². The number of nitrogens with one attached hydrogen (secondary N) is 1. The van der Waals surface area contributed by atoms with Crippen molar-refractivity contribution in [3.63, 3.8) is 0 Å². The number of carbonyl (C=O) groups excluding carboxylic acids is 1. The molecule has 21 heavy (non-hydrogen) atoms. The lowest BCUT2D eigenvalue weighted by atomic mass is 10.2. The van der Waals surface area contributed by atoms with Crippen LogP contribution in [0.3, 0.4) is 0 Å². The van der Waals surface area contributed by atoms with E-state index in [0.717, 1.165) is 5.56 Å². The molecule has 0 aliphatic heterocycles. The summed E-state index contributed by atoms with van der Waals surface area (Å²) < 4.78 is 5.14. The van der Waals surface area contributed by atoms with Crippen LogP contribution in [0.5, 0.6) is 0 Å². The molecule has 0 aromatic heterocycles. The Labute approximate surface area is 129 Å². The average molecular weight is 303 g/mol. The lowest BCUT2D eigenvalue weighted by Crippen LogP contribution is -2.37. The zero-order valence-electron chi connectivity index (χ0n) is 13.8. The summed E-state index contributed by atoms with van der Waals surface area (Å²) in [5, 5.41) is 4.01. The molecule has 4 heteroatoms. The highest BCUT2D eigenvalue weighted by molar-refractivity contribution is 6.88. The molecule has 1 amide bonds. The predicted octanol–water partition coefficient (Wildman–Crippen LogP) is 3.11. The van der Waals surface area contributed by atoms with Crippen molar-refractivity contribution < 1.29 is 9.53 Å². The normalized spacial score (nSPS) is 11.3. The molecule has 0 aliphatic rings. The van der Waals surface area contributed by atoms with Crippen LogP contribution < -0.4 is 10.5 Å². The van der Waals surface area contributed by atoms with Crippen molar-refractivity contribution in [1.82, 2.24) is 5.32 Å². The summed E-state index contributed by atoms with van der Waals surface area (Å²) in [6, 6.07) is 8.34. The number of hydrogen-bond acceptors (Lipinski definition) is 2. The maximum Gasteiger partial charge on any atom is 0.408 e. The first-order chi connectivity index (χ1) is 9.58. The Morgan fingerprint density at radius 3 is 2.52 bits per heavy atom. The Morgan fingerprint density at radius 1 is 1.29 bits per heavy atom. The van der Waals surface area contributed by atoms with Gasteiger partial charge in [-0.3, -0.25) is 0 Å². The minimum absolute atomic E-state index is 0.284. The quantitative estimate of drug-likeness (QED) is 0.673. The molecule has 0 radical (unpaired) electrons. The highest BCUT2D eigenvalue weighted by atomic mass is 28.3. The largest absolute Gasteiger partial charge is 0.444 e. The van der Waals surface area contributed by atoms with Crippen LogP contribution in [-0.4, -0.2) is 26.3 Å². The highest BCUT2D eigenvalue weighted by Gasteiger charge is 2.16. The van der Waals surface area contributed by atoms with Crippen LogP contribution in [0.25, 0.3) is 0 Å². The fourth-order valence-electron chi connectivity index (χ4n) is 1.64. The van der Waals surface area contributed by atoms with Gasteiger partial charge in [0.15, 0.2) is 0 Å². The van der Waals surface area contributed by atoms with Gasteiger partial charge in [0.1, 0.15) is 5.60 Å². The van der Waals surface area contributed by atoms with Crippen molar-refractivity contribution in [2.24, 2.45) is 0 Å². The Balaban J connectivity index is 2.58. The molecule has 0 spiro atoms. The standard InChI is InChI=1S/C17H25NO2Si/c1-17(2,3)20-16(19)18-12-8-10-14-9-7-11-15(13-14)21(4,5)6/h7,9,11,13H,12H2,1-6H3,(H,18,19). The van der Waals surface area contributed by atoms with Crippen LogP contribution in [0.4, 0.5) is 4.79 Å². The van der Waals surface area contributed by atoms with Gasteiger partial charge < -0.3 is 10.1 Å². The summed E-state index contributed by atoms with van der Waals surface area (Å²) in [6.07, 6.45) is -0.437. The number of carbonyl (C=O) groups is 1. The van der Waals surface area contributed by atoms with Gasteiger partial charge in [-0.1, -0.05) is 48.8 Å². The number of hydrogen-bond donors (Lipinski definition) is 1. The van der Waals surface area contributed by atoms with Gasteiger partial charge in [0.2, 0.25) is 0 Å². The molecule has 1 aromatic carbocycles. The first-order valence-electron chi connectivity index (χ1n) is 7.14. The summed E-state index contributed by atoms with van der Waals surface area (Å²) >= 11 is 0. The summed E-state index contributed by atoms with van der Waals surface area (Å²) in [5.41, 5.74) is 0.504. The third-order valence-electron chi connectivity index (χ3n) is 2.68. The summed E-state index contributed by atoms with van der Waals surface area (Å²) in [5.74, 6) is 6.03. The van der Waals surface area contributed by atoms with Gasteiger partial charge in [0.05, 0.1) is 14.6 Å². The van der Waals surface area contributed by atoms with E-state index in [9.17, 15) is 4.79 Å². The zero-order valence-corrected chi connectivity index (χ0v) is 14.8. The molecule has 0 bridgehead atoms. The average Bonchev–Trinajstić information content (AvgIpc) is 2.32. The maximum atomic E-state index is 11.5. The summed E-state index contributed by atoms with van der Waals surface area (Å²) in [6.45, 7) is 12.7. The molecule has 1 aromatic rings. The second-order valence-electron chi connectivity index (χ2n) is 6.99. The second-order valence-corrected chi connectivity index (χ2v) is 12.1. The summed E-state index contributed by atoms with van der Waals surface area (Å²) in [7, 11) is -1.31. The number of rotatable bonds is 2. The Hall–Kier alpha value is -1.73. The lowest BCUT2D eigenvalue weighted by molar-refractivity contribution is 0.0535. The van der Waals surface area contributed by atoms with E-state index in [2.05, 4.69) is 48.9 Å². The van der Waals surface area contributed by atoms with Gasteiger partial charge >= 0.3 is 6.09 Å². The molecule has 3 nitrogen and oxygen atoms in total. The molecular formula is C17H25NO2Si. The molecule has 1 rings (SSSR count). The summed E-state index contributed by atoms with van der Waals surface area (Å²) in [4.78, 5) is 11.5. The molecule has 0 saturated carbocycles. The topological polar surface area (TPSA) is 38.3 Å². The number of amides is 1. The molecule has 0 atom stereocenters. The van der Waals surface area contributed by atoms with E-state index in [1.54, 1.807) is 0 Å². The Morgan fingerprint density at radius 2 is 1.95 bits per heavy atom. The van der Waals surface area contributed by atoms with Gasteiger partial charge in [-0.05, 0) is 32.9 Å². The van der Waals surface area contributed by atoms with Crippen LogP contribution in [-0.2, 0) is 4.74 Å². The lowest BCUT2D eigenvalue weighted by Gasteiger charge is -2.19. The van der Waals surface area contributed by atoms with E-state index >= 15 is 0 Å². The number of alkyl carbamates (subject to hydrolysis) is 1. The molecule has 0 heterocycles. The van der Waals surface area contributed by atoms with Gasteiger partial charge in [-0.15, -0.1) is 0 Å². The maximum absolute atomic E-state index is 11.5. The van der Waals surface area contributed by atoms with Crippen LogP contribution in [0.2, 0.25) is 19.6 Å². The van der Waals surface area contributed by atoms with Crippen molar-refractivity contribution in [3.05, 3.63) is 29.8 Å². The molecule has 114 valence electrons. The fourth-order valence-corrected chi connectivity index (χ4v) is 2.82. The Bertz CT molecular complexity index is 557. The first kappa shape index (κ1) is 17.3. The third-order valence-corrected chi connectivity index (χ3v) is 4.72. The predicted molar refractivity (Wildman–Crippen MR) is 90.5 cm³/mol. The van der Waals surface area contributed by atoms with Crippen molar-refractivity contribution >= 4 is 19.4 Å². The first-order valence-corrected chi connectivity index (χ1v) is 10.6. The van der Waals surface area contributed by atoms with Crippen LogP contribution in [0.1, 0.15) is 26.3 Å². The van der Waals surface area contributed by atoms with E-state index in [1.165, 1.54) is 5.19 Å². The molecular weight excluding hydrogens is 278 g/mol. The van der Waals surface area contributed by atoms with Gasteiger partial charge in [-0.25, -0.2) is 4.79 Å². The van der Waals surface area contributed by atoms with E-state index in [-0.39, 0.29) is 6.54 Å². The molecule has 0 fully saturated rings. The minimum atomic E-state index is -1.31.